The monoisotopic (exact) mass is 327 g/mol. The van der Waals surface area contributed by atoms with Crippen molar-refractivity contribution in [2.75, 3.05) is 5.75 Å². The summed E-state index contributed by atoms with van der Waals surface area (Å²) in [4.78, 5) is 28.4. The Kier molecular flexibility index (Phi) is 4.44. The minimum absolute atomic E-state index is 0.00146. The number of carbonyl (C=O) groups excluding carboxylic acids is 2. The van der Waals surface area contributed by atoms with Crippen LogP contribution in [-0.4, -0.2) is 22.3 Å². The molecule has 0 radical (unpaired) electrons. The van der Waals surface area contributed by atoms with Gasteiger partial charge >= 0.3 is 0 Å². The third-order valence-corrected chi connectivity index (χ3v) is 5.50. The van der Waals surface area contributed by atoms with Gasteiger partial charge in [0, 0.05) is 16.2 Å². The number of ketones is 2. The quantitative estimate of drug-likeness (QED) is 0.658. The van der Waals surface area contributed by atoms with Crippen LogP contribution >= 0.6 is 11.8 Å². The first kappa shape index (κ1) is 16.1. The molecule has 0 amide bonds. The molecule has 1 aromatic carbocycles. The minimum atomic E-state index is 0.00146. The molecule has 3 rings (SSSR count). The second-order valence-electron chi connectivity index (χ2n) is 6.18. The summed E-state index contributed by atoms with van der Waals surface area (Å²) in [5.41, 5.74) is 5.64. The number of H-pyrrole nitrogens is 1. The summed E-state index contributed by atoms with van der Waals surface area (Å²) >= 11 is 1.57. The van der Waals surface area contributed by atoms with E-state index in [9.17, 15) is 9.59 Å². The minimum Gasteiger partial charge on any atom is -0.355 e. The molecule has 1 N–H and O–H groups in total. The third-order valence-electron chi connectivity index (χ3n) is 4.51. The molecule has 1 aliphatic carbocycles. The summed E-state index contributed by atoms with van der Waals surface area (Å²) in [5.74, 6) is 0.432. The highest BCUT2D eigenvalue weighted by Crippen LogP contribution is 2.28. The topological polar surface area (TPSA) is 49.9 Å². The molecule has 0 bridgehead atoms. The van der Waals surface area contributed by atoms with Crippen molar-refractivity contribution in [1.29, 1.82) is 0 Å². The van der Waals surface area contributed by atoms with Crippen LogP contribution in [0, 0.1) is 13.8 Å². The van der Waals surface area contributed by atoms with Gasteiger partial charge in [-0.25, -0.2) is 0 Å². The molecule has 2 aromatic rings. The van der Waals surface area contributed by atoms with Gasteiger partial charge in [0.05, 0.1) is 11.4 Å². The molecule has 0 spiro atoms. The van der Waals surface area contributed by atoms with Gasteiger partial charge in [0.1, 0.15) is 0 Å². The van der Waals surface area contributed by atoms with Crippen molar-refractivity contribution in [3.8, 4) is 0 Å². The largest absolute Gasteiger partial charge is 0.355 e. The highest BCUT2D eigenvalue weighted by Gasteiger charge is 2.20. The number of aromatic amines is 1. The molecular formula is C19H21NO2S. The zero-order valence-electron chi connectivity index (χ0n) is 13.8. The molecule has 0 aliphatic heterocycles. The Morgan fingerprint density at radius 3 is 2.61 bits per heavy atom. The molecule has 120 valence electrons. The molecule has 0 saturated heterocycles. The fraction of sp³-hybridized carbons (Fsp3) is 0.368. The Balaban J connectivity index is 1.73. The standard InChI is InChI=1S/C19H21NO2S/c1-11-18(13(3)21)12(2)20-19(11)17(22)10-23-16-8-7-14-5-4-6-15(14)9-16/h7-9,20H,4-6,10H2,1-3H3. The van der Waals surface area contributed by atoms with Crippen molar-refractivity contribution in [2.24, 2.45) is 0 Å². The molecule has 23 heavy (non-hydrogen) atoms. The Labute approximate surface area is 140 Å². The molecule has 1 aliphatic rings. The van der Waals surface area contributed by atoms with Crippen molar-refractivity contribution < 1.29 is 9.59 Å². The van der Waals surface area contributed by atoms with E-state index >= 15 is 0 Å². The van der Waals surface area contributed by atoms with Crippen LogP contribution in [0.15, 0.2) is 23.1 Å². The van der Waals surface area contributed by atoms with Crippen LogP contribution in [-0.2, 0) is 12.8 Å². The van der Waals surface area contributed by atoms with Crippen molar-refractivity contribution >= 4 is 23.3 Å². The summed E-state index contributed by atoms with van der Waals surface area (Å²) in [6.07, 6.45) is 3.56. The molecular weight excluding hydrogens is 306 g/mol. The number of benzene rings is 1. The lowest BCUT2D eigenvalue weighted by Gasteiger charge is -2.05. The lowest BCUT2D eigenvalue weighted by Crippen LogP contribution is -2.05. The first-order valence-corrected chi connectivity index (χ1v) is 8.94. The Hall–Kier alpha value is -1.81. The summed E-state index contributed by atoms with van der Waals surface area (Å²) in [5, 5.41) is 0. The smallest absolute Gasteiger partial charge is 0.189 e. The van der Waals surface area contributed by atoms with Gasteiger partial charge in [-0.1, -0.05) is 6.07 Å². The second kappa shape index (κ2) is 6.36. The number of thioether (sulfide) groups is 1. The van der Waals surface area contributed by atoms with E-state index in [1.807, 2.05) is 13.8 Å². The molecule has 1 aromatic heterocycles. The number of hydrogen-bond acceptors (Lipinski definition) is 3. The van der Waals surface area contributed by atoms with Crippen molar-refractivity contribution in [2.45, 2.75) is 44.9 Å². The van der Waals surface area contributed by atoms with Crippen LogP contribution in [0.4, 0.5) is 0 Å². The number of Topliss-reactive ketones (excluding diaryl/α,β-unsaturated/α-hetero) is 2. The maximum atomic E-state index is 12.5. The van der Waals surface area contributed by atoms with Crippen molar-refractivity contribution in [3.05, 3.63) is 51.8 Å². The van der Waals surface area contributed by atoms with Gasteiger partial charge in [0.2, 0.25) is 0 Å². The molecule has 0 saturated carbocycles. The lowest BCUT2D eigenvalue weighted by atomic mass is 10.1. The number of carbonyl (C=O) groups is 2. The molecule has 0 atom stereocenters. The third kappa shape index (κ3) is 3.13. The zero-order chi connectivity index (χ0) is 16.6. The first-order valence-electron chi connectivity index (χ1n) is 7.95. The van der Waals surface area contributed by atoms with E-state index in [-0.39, 0.29) is 11.6 Å². The van der Waals surface area contributed by atoms with E-state index in [0.717, 1.165) is 22.6 Å². The normalized spacial score (nSPS) is 13.2. The number of hydrogen-bond donors (Lipinski definition) is 1. The summed E-state index contributed by atoms with van der Waals surface area (Å²) in [6.45, 7) is 5.22. The lowest BCUT2D eigenvalue weighted by molar-refractivity contribution is 0.101. The molecule has 1 heterocycles. The SMILES string of the molecule is CC(=O)c1c(C)[nH]c(C(=O)CSc2ccc3c(c2)CCC3)c1C. The van der Waals surface area contributed by atoms with Gasteiger partial charge in [0.15, 0.2) is 11.6 Å². The first-order chi connectivity index (χ1) is 11.0. The number of fused-ring (bicyclic) bond motifs is 1. The van der Waals surface area contributed by atoms with Gasteiger partial charge in [-0.2, -0.15) is 0 Å². The Bertz CT molecular complexity index is 789. The predicted molar refractivity (Wildman–Crippen MR) is 93.8 cm³/mol. The van der Waals surface area contributed by atoms with E-state index in [0.29, 0.717) is 17.0 Å². The number of aryl methyl sites for hydroxylation is 3. The molecule has 3 nitrogen and oxygen atoms in total. The summed E-state index contributed by atoms with van der Waals surface area (Å²) in [6, 6.07) is 6.51. The summed E-state index contributed by atoms with van der Waals surface area (Å²) < 4.78 is 0. The van der Waals surface area contributed by atoms with Crippen molar-refractivity contribution in [3.63, 3.8) is 0 Å². The van der Waals surface area contributed by atoms with E-state index in [1.54, 1.807) is 11.8 Å². The van der Waals surface area contributed by atoms with Crippen LogP contribution in [0.25, 0.3) is 0 Å². The highest BCUT2D eigenvalue weighted by atomic mass is 32.2. The molecule has 4 heteroatoms. The van der Waals surface area contributed by atoms with Crippen LogP contribution in [0.3, 0.4) is 0 Å². The van der Waals surface area contributed by atoms with E-state index < -0.39 is 0 Å². The average Bonchev–Trinajstić information content (AvgIpc) is 3.08. The number of rotatable bonds is 5. The van der Waals surface area contributed by atoms with E-state index in [1.165, 1.54) is 30.9 Å². The number of nitrogens with one attached hydrogen (secondary N) is 1. The van der Waals surface area contributed by atoms with Crippen LogP contribution < -0.4 is 0 Å². The highest BCUT2D eigenvalue weighted by molar-refractivity contribution is 8.00. The fourth-order valence-corrected chi connectivity index (χ4v) is 4.25. The molecule has 0 fully saturated rings. The Morgan fingerprint density at radius 1 is 1.17 bits per heavy atom. The van der Waals surface area contributed by atoms with Crippen LogP contribution in [0.5, 0.6) is 0 Å². The van der Waals surface area contributed by atoms with E-state index in [2.05, 4.69) is 23.2 Å². The summed E-state index contributed by atoms with van der Waals surface area (Å²) in [7, 11) is 0. The average molecular weight is 327 g/mol. The van der Waals surface area contributed by atoms with Gasteiger partial charge in [-0.3, -0.25) is 9.59 Å². The van der Waals surface area contributed by atoms with Crippen LogP contribution in [0.2, 0.25) is 0 Å². The number of aromatic nitrogens is 1. The van der Waals surface area contributed by atoms with Gasteiger partial charge in [0.25, 0.3) is 0 Å². The zero-order valence-corrected chi connectivity index (χ0v) is 14.6. The Morgan fingerprint density at radius 2 is 1.91 bits per heavy atom. The predicted octanol–water partition coefficient (Wildman–Crippen LogP) is 4.30. The van der Waals surface area contributed by atoms with Crippen LogP contribution in [0.1, 0.15) is 56.6 Å². The second-order valence-corrected chi connectivity index (χ2v) is 7.23. The van der Waals surface area contributed by atoms with Gasteiger partial charge < -0.3 is 4.98 Å². The maximum Gasteiger partial charge on any atom is 0.189 e. The van der Waals surface area contributed by atoms with Gasteiger partial charge in [-0.15, -0.1) is 11.8 Å². The fourth-order valence-electron chi connectivity index (χ4n) is 3.42. The van der Waals surface area contributed by atoms with Gasteiger partial charge in [-0.05, 0) is 68.9 Å². The maximum absolute atomic E-state index is 12.5. The van der Waals surface area contributed by atoms with E-state index in [4.69, 9.17) is 0 Å². The molecule has 0 unspecified atom stereocenters. The van der Waals surface area contributed by atoms with Crippen molar-refractivity contribution in [1.82, 2.24) is 4.98 Å².